The molecule has 0 radical (unpaired) electrons. The van der Waals surface area contributed by atoms with Crippen LogP contribution in [0.5, 0.6) is 0 Å². The second-order valence-corrected chi connectivity index (χ2v) is 5.35. The highest BCUT2D eigenvalue weighted by atomic mass is 35.5. The number of carbonyl (C=O) groups is 2. The first-order chi connectivity index (χ1) is 11.0. The number of hydrogen-bond acceptors (Lipinski definition) is 2. The molecule has 0 spiro atoms. The van der Waals surface area contributed by atoms with E-state index in [1.54, 1.807) is 36.4 Å². The molecule has 0 atom stereocenters. The van der Waals surface area contributed by atoms with Gasteiger partial charge in [-0.1, -0.05) is 23.7 Å². The number of hydrogen-bond donors (Lipinski definition) is 2. The second-order valence-electron chi connectivity index (χ2n) is 4.92. The molecule has 4 nitrogen and oxygen atoms in total. The van der Waals surface area contributed by atoms with Crippen LogP contribution < -0.4 is 10.6 Å². The van der Waals surface area contributed by atoms with E-state index in [4.69, 9.17) is 11.6 Å². The van der Waals surface area contributed by atoms with Crippen molar-refractivity contribution in [2.75, 3.05) is 6.54 Å². The number of rotatable bonds is 6. The zero-order chi connectivity index (χ0) is 16.7. The minimum Gasteiger partial charge on any atom is -0.352 e. The summed E-state index contributed by atoms with van der Waals surface area (Å²) in [6, 6.07) is 12.4. The smallest absolute Gasteiger partial charge is 0.251 e. The lowest BCUT2D eigenvalue weighted by Crippen LogP contribution is -2.30. The summed E-state index contributed by atoms with van der Waals surface area (Å²) in [6.07, 6.45) is 0.167. The van der Waals surface area contributed by atoms with Crippen LogP contribution in [0.1, 0.15) is 22.3 Å². The van der Waals surface area contributed by atoms with E-state index in [1.807, 2.05) is 0 Å². The number of benzene rings is 2. The van der Waals surface area contributed by atoms with Crippen molar-refractivity contribution in [3.8, 4) is 0 Å². The Morgan fingerprint density at radius 2 is 1.61 bits per heavy atom. The summed E-state index contributed by atoms with van der Waals surface area (Å²) in [5.74, 6) is -0.760. The molecule has 2 rings (SSSR count). The van der Waals surface area contributed by atoms with E-state index in [9.17, 15) is 14.0 Å². The largest absolute Gasteiger partial charge is 0.352 e. The zero-order valence-electron chi connectivity index (χ0n) is 12.3. The molecule has 2 aromatic carbocycles. The highest BCUT2D eigenvalue weighted by molar-refractivity contribution is 6.30. The SMILES string of the molecule is O=C(CCNC(=O)c1ccc(Cl)cc1)NCc1ccc(F)cc1. The van der Waals surface area contributed by atoms with Crippen molar-refractivity contribution in [1.29, 1.82) is 0 Å². The van der Waals surface area contributed by atoms with Gasteiger partial charge in [-0.3, -0.25) is 9.59 Å². The molecule has 6 heteroatoms. The maximum Gasteiger partial charge on any atom is 0.251 e. The van der Waals surface area contributed by atoms with E-state index >= 15 is 0 Å². The van der Waals surface area contributed by atoms with Crippen LogP contribution in [0.25, 0.3) is 0 Å². The summed E-state index contributed by atoms with van der Waals surface area (Å²) in [7, 11) is 0. The topological polar surface area (TPSA) is 58.2 Å². The van der Waals surface area contributed by atoms with Crippen LogP contribution in [0.2, 0.25) is 5.02 Å². The lowest BCUT2D eigenvalue weighted by atomic mass is 10.2. The zero-order valence-corrected chi connectivity index (χ0v) is 13.1. The van der Waals surface area contributed by atoms with E-state index < -0.39 is 0 Å². The molecule has 2 amide bonds. The van der Waals surface area contributed by atoms with Crippen LogP contribution in [0.15, 0.2) is 48.5 Å². The van der Waals surface area contributed by atoms with Crippen molar-refractivity contribution in [2.45, 2.75) is 13.0 Å². The van der Waals surface area contributed by atoms with Crippen molar-refractivity contribution in [3.63, 3.8) is 0 Å². The third kappa shape index (κ3) is 5.71. The average molecular weight is 335 g/mol. The molecular weight excluding hydrogens is 319 g/mol. The van der Waals surface area contributed by atoms with Gasteiger partial charge in [-0.05, 0) is 42.0 Å². The van der Waals surface area contributed by atoms with Crippen LogP contribution in [0.4, 0.5) is 4.39 Å². The van der Waals surface area contributed by atoms with E-state index in [2.05, 4.69) is 10.6 Å². The van der Waals surface area contributed by atoms with Crippen molar-refractivity contribution in [2.24, 2.45) is 0 Å². The summed E-state index contributed by atoms with van der Waals surface area (Å²) < 4.78 is 12.8. The van der Waals surface area contributed by atoms with Crippen LogP contribution in [-0.4, -0.2) is 18.4 Å². The standard InChI is InChI=1S/C17H16ClFN2O2/c18-14-5-3-13(4-6-14)17(23)20-10-9-16(22)21-11-12-1-7-15(19)8-2-12/h1-8H,9-11H2,(H,20,23)(H,21,22). The molecule has 0 aliphatic carbocycles. The fourth-order valence-electron chi connectivity index (χ4n) is 1.88. The van der Waals surface area contributed by atoms with Crippen LogP contribution >= 0.6 is 11.6 Å². The first-order valence-corrected chi connectivity index (χ1v) is 7.47. The minimum atomic E-state index is -0.315. The normalized spacial score (nSPS) is 10.2. The molecule has 0 saturated carbocycles. The molecule has 0 unspecified atom stereocenters. The maximum atomic E-state index is 12.8. The van der Waals surface area contributed by atoms with E-state index in [0.717, 1.165) is 5.56 Å². The highest BCUT2D eigenvalue weighted by Gasteiger charge is 2.06. The molecule has 0 aliphatic heterocycles. The molecule has 0 saturated heterocycles. The lowest BCUT2D eigenvalue weighted by molar-refractivity contribution is -0.121. The Labute approximate surface area is 138 Å². The van der Waals surface area contributed by atoms with Gasteiger partial charge in [-0.2, -0.15) is 0 Å². The molecule has 23 heavy (non-hydrogen) atoms. The molecule has 0 heterocycles. The number of nitrogens with one attached hydrogen (secondary N) is 2. The van der Waals surface area contributed by atoms with Gasteiger partial charge in [0.05, 0.1) is 0 Å². The Morgan fingerprint density at radius 1 is 0.957 bits per heavy atom. The number of halogens is 2. The Bertz CT molecular complexity index is 672. The highest BCUT2D eigenvalue weighted by Crippen LogP contribution is 2.09. The monoisotopic (exact) mass is 334 g/mol. The quantitative estimate of drug-likeness (QED) is 0.853. The third-order valence-corrected chi connectivity index (χ3v) is 3.40. The molecule has 2 aromatic rings. The van der Waals surface area contributed by atoms with Gasteiger partial charge in [0.15, 0.2) is 0 Å². The van der Waals surface area contributed by atoms with Crippen molar-refractivity contribution >= 4 is 23.4 Å². The van der Waals surface area contributed by atoms with Gasteiger partial charge in [-0.25, -0.2) is 4.39 Å². The Kier molecular flexibility index (Phi) is 6.11. The predicted molar refractivity (Wildman–Crippen MR) is 86.6 cm³/mol. The second kappa shape index (κ2) is 8.29. The van der Waals surface area contributed by atoms with Gasteiger partial charge in [0.1, 0.15) is 5.82 Å². The third-order valence-electron chi connectivity index (χ3n) is 3.15. The lowest BCUT2D eigenvalue weighted by Gasteiger charge is -2.07. The van der Waals surface area contributed by atoms with Gasteiger partial charge in [0.2, 0.25) is 5.91 Å². The summed E-state index contributed by atoms with van der Waals surface area (Å²) in [6.45, 7) is 0.557. The molecular formula is C17H16ClFN2O2. The minimum absolute atomic E-state index is 0.167. The first-order valence-electron chi connectivity index (χ1n) is 7.09. The Hall–Kier alpha value is -2.40. The molecule has 0 bridgehead atoms. The fourth-order valence-corrected chi connectivity index (χ4v) is 2.01. The molecule has 0 aliphatic rings. The van der Waals surface area contributed by atoms with Gasteiger partial charge >= 0.3 is 0 Å². The van der Waals surface area contributed by atoms with E-state index in [-0.39, 0.29) is 30.6 Å². The van der Waals surface area contributed by atoms with Crippen molar-refractivity contribution in [3.05, 3.63) is 70.5 Å². The van der Waals surface area contributed by atoms with Gasteiger partial charge in [0.25, 0.3) is 5.91 Å². The van der Waals surface area contributed by atoms with Gasteiger partial charge in [-0.15, -0.1) is 0 Å². The van der Waals surface area contributed by atoms with E-state index in [1.165, 1.54) is 12.1 Å². The molecule has 120 valence electrons. The Morgan fingerprint density at radius 3 is 2.26 bits per heavy atom. The van der Waals surface area contributed by atoms with E-state index in [0.29, 0.717) is 17.1 Å². The van der Waals surface area contributed by atoms with Crippen molar-refractivity contribution in [1.82, 2.24) is 10.6 Å². The molecule has 0 aromatic heterocycles. The summed E-state index contributed by atoms with van der Waals surface area (Å²) >= 11 is 5.75. The fraction of sp³-hybridized carbons (Fsp3) is 0.176. The van der Waals surface area contributed by atoms with Crippen LogP contribution in [0, 0.1) is 5.82 Å². The first kappa shape index (κ1) is 17.0. The predicted octanol–water partition coefficient (Wildman–Crippen LogP) is 2.92. The number of carbonyl (C=O) groups excluding carboxylic acids is 2. The summed E-state index contributed by atoms with van der Waals surface area (Å²) in [4.78, 5) is 23.5. The van der Waals surface area contributed by atoms with Crippen LogP contribution in [0.3, 0.4) is 0 Å². The van der Waals surface area contributed by atoms with Crippen molar-refractivity contribution < 1.29 is 14.0 Å². The average Bonchev–Trinajstić information content (AvgIpc) is 2.55. The Balaban J connectivity index is 1.69. The summed E-state index contributed by atoms with van der Waals surface area (Å²) in [5.41, 5.74) is 1.30. The number of amides is 2. The summed E-state index contributed by atoms with van der Waals surface area (Å²) in [5, 5.41) is 5.93. The van der Waals surface area contributed by atoms with Gasteiger partial charge < -0.3 is 10.6 Å². The molecule has 0 fully saturated rings. The molecule has 2 N–H and O–H groups in total. The van der Waals surface area contributed by atoms with Crippen LogP contribution in [-0.2, 0) is 11.3 Å². The van der Waals surface area contributed by atoms with Gasteiger partial charge in [0, 0.05) is 30.1 Å². The maximum absolute atomic E-state index is 12.8.